The number of rotatable bonds is 4. The Labute approximate surface area is 160 Å². The number of hydrogen-bond donors (Lipinski definition) is 3. The van der Waals surface area contributed by atoms with Crippen molar-refractivity contribution in [3.8, 4) is 0 Å². The SMILES string of the molecule is CCN1CCc2c(sc(NC(=S)NC(=O)c3ccnn3C)c2C(N)=O)C1. The molecule has 2 aromatic heterocycles. The molecule has 0 saturated carbocycles. The first-order chi connectivity index (χ1) is 12.4. The van der Waals surface area contributed by atoms with E-state index in [0.29, 0.717) is 16.3 Å². The fraction of sp³-hybridized carbons (Fsp3) is 0.375. The Balaban J connectivity index is 1.78. The van der Waals surface area contributed by atoms with E-state index in [1.54, 1.807) is 13.1 Å². The van der Waals surface area contributed by atoms with Crippen molar-refractivity contribution in [3.63, 3.8) is 0 Å². The van der Waals surface area contributed by atoms with Crippen molar-refractivity contribution in [2.75, 3.05) is 18.4 Å². The highest BCUT2D eigenvalue weighted by atomic mass is 32.1. The molecule has 0 radical (unpaired) electrons. The minimum absolute atomic E-state index is 0.115. The fourth-order valence-electron chi connectivity index (χ4n) is 2.97. The van der Waals surface area contributed by atoms with Gasteiger partial charge in [-0.1, -0.05) is 6.92 Å². The lowest BCUT2D eigenvalue weighted by atomic mass is 10.0. The maximum absolute atomic E-state index is 12.2. The summed E-state index contributed by atoms with van der Waals surface area (Å²) in [5.74, 6) is -0.864. The first-order valence-electron chi connectivity index (χ1n) is 8.17. The number of carbonyl (C=O) groups excluding carboxylic acids is 2. The normalized spacial score (nSPS) is 13.9. The van der Waals surface area contributed by atoms with Gasteiger partial charge in [-0.2, -0.15) is 5.10 Å². The van der Waals surface area contributed by atoms with Gasteiger partial charge in [0.15, 0.2) is 5.11 Å². The number of amides is 2. The Morgan fingerprint density at radius 1 is 1.46 bits per heavy atom. The number of nitrogens with zero attached hydrogens (tertiary/aromatic N) is 3. The molecule has 1 aliphatic heterocycles. The maximum atomic E-state index is 12.2. The molecule has 1 aliphatic rings. The lowest BCUT2D eigenvalue weighted by Crippen LogP contribution is -2.35. The topological polar surface area (TPSA) is 105 Å². The monoisotopic (exact) mass is 392 g/mol. The van der Waals surface area contributed by atoms with Crippen molar-refractivity contribution in [2.45, 2.75) is 19.9 Å². The van der Waals surface area contributed by atoms with Gasteiger partial charge >= 0.3 is 0 Å². The second-order valence-electron chi connectivity index (χ2n) is 5.94. The number of hydrogen-bond acceptors (Lipinski definition) is 6. The van der Waals surface area contributed by atoms with Gasteiger partial charge in [0.05, 0.1) is 5.56 Å². The van der Waals surface area contributed by atoms with E-state index < -0.39 is 5.91 Å². The van der Waals surface area contributed by atoms with Gasteiger partial charge < -0.3 is 11.1 Å². The highest BCUT2D eigenvalue weighted by Gasteiger charge is 2.27. The largest absolute Gasteiger partial charge is 0.365 e. The quantitative estimate of drug-likeness (QED) is 0.673. The summed E-state index contributed by atoms with van der Waals surface area (Å²) >= 11 is 6.69. The molecule has 3 rings (SSSR count). The first kappa shape index (κ1) is 18.5. The van der Waals surface area contributed by atoms with E-state index >= 15 is 0 Å². The molecule has 4 N–H and O–H groups in total. The third-order valence-electron chi connectivity index (χ3n) is 4.34. The number of nitrogens with one attached hydrogen (secondary N) is 2. The average Bonchev–Trinajstić information content (AvgIpc) is 3.16. The molecule has 0 saturated heterocycles. The summed E-state index contributed by atoms with van der Waals surface area (Å²) in [6.45, 7) is 4.73. The molecule has 8 nitrogen and oxygen atoms in total. The Morgan fingerprint density at radius 3 is 2.85 bits per heavy atom. The van der Waals surface area contributed by atoms with Gasteiger partial charge in [0.25, 0.3) is 11.8 Å². The van der Waals surface area contributed by atoms with Crippen LogP contribution in [0.3, 0.4) is 0 Å². The molecule has 26 heavy (non-hydrogen) atoms. The number of carbonyl (C=O) groups is 2. The predicted octanol–water partition coefficient (Wildman–Crippen LogP) is 1.09. The van der Waals surface area contributed by atoms with Gasteiger partial charge in [0, 0.05) is 31.2 Å². The third-order valence-corrected chi connectivity index (χ3v) is 5.67. The second-order valence-corrected chi connectivity index (χ2v) is 7.45. The highest BCUT2D eigenvalue weighted by molar-refractivity contribution is 7.80. The lowest BCUT2D eigenvalue weighted by molar-refractivity contribution is 0.0967. The minimum Gasteiger partial charge on any atom is -0.365 e. The van der Waals surface area contributed by atoms with Crippen LogP contribution in [0.5, 0.6) is 0 Å². The molecule has 0 aromatic carbocycles. The van der Waals surface area contributed by atoms with Crippen LogP contribution >= 0.6 is 23.6 Å². The van der Waals surface area contributed by atoms with Crippen LogP contribution in [0.15, 0.2) is 12.3 Å². The van der Waals surface area contributed by atoms with Gasteiger partial charge in [0.1, 0.15) is 10.7 Å². The van der Waals surface area contributed by atoms with Crippen molar-refractivity contribution in [3.05, 3.63) is 34.0 Å². The molecule has 10 heteroatoms. The van der Waals surface area contributed by atoms with Crippen LogP contribution in [0, 0.1) is 0 Å². The van der Waals surface area contributed by atoms with Gasteiger partial charge in [-0.05, 0) is 36.8 Å². The van der Waals surface area contributed by atoms with Crippen LogP contribution < -0.4 is 16.4 Å². The van der Waals surface area contributed by atoms with E-state index in [1.165, 1.54) is 22.2 Å². The number of anilines is 1. The van der Waals surface area contributed by atoms with Crippen LogP contribution in [0.2, 0.25) is 0 Å². The molecule has 0 aliphatic carbocycles. The third kappa shape index (κ3) is 3.62. The molecule has 2 aromatic rings. The smallest absolute Gasteiger partial charge is 0.275 e. The fourth-order valence-corrected chi connectivity index (χ4v) is 4.53. The summed E-state index contributed by atoms with van der Waals surface area (Å²) in [5.41, 5.74) is 7.43. The number of nitrogens with two attached hydrogens (primary N) is 1. The maximum Gasteiger partial charge on any atom is 0.275 e. The van der Waals surface area contributed by atoms with Crippen molar-refractivity contribution >= 4 is 45.5 Å². The molecule has 0 spiro atoms. The molecule has 0 bridgehead atoms. The highest BCUT2D eigenvalue weighted by Crippen LogP contribution is 2.36. The first-order valence-corrected chi connectivity index (χ1v) is 9.40. The summed E-state index contributed by atoms with van der Waals surface area (Å²) in [6.07, 6.45) is 2.30. The number of thiocarbonyl (C=S) groups is 1. The van der Waals surface area contributed by atoms with Gasteiger partial charge in [-0.3, -0.25) is 24.5 Å². The molecule has 138 valence electrons. The molecule has 2 amide bonds. The number of aromatic nitrogens is 2. The van der Waals surface area contributed by atoms with Crippen molar-refractivity contribution in [2.24, 2.45) is 12.8 Å². The van der Waals surface area contributed by atoms with Gasteiger partial charge in [0.2, 0.25) is 0 Å². The summed E-state index contributed by atoms with van der Waals surface area (Å²) in [5, 5.41) is 10.2. The average molecular weight is 393 g/mol. The van der Waals surface area contributed by atoms with E-state index in [1.807, 2.05) is 0 Å². The Kier molecular flexibility index (Phi) is 5.35. The Morgan fingerprint density at radius 2 is 2.23 bits per heavy atom. The zero-order chi connectivity index (χ0) is 18.8. The number of thiophene rings is 1. The summed E-state index contributed by atoms with van der Waals surface area (Å²) < 4.78 is 1.45. The molecular formula is C16H20N6O2S2. The van der Waals surface area contributed by atoms with Crippen LogP contribution in [-0.4, -0.2) is 44.7 Å². The van der Waals surface area contributed by atoms with Crippen LogP contribution in [-0.2, 0) is 20.0 Å². The number of likely N-dealkylation sites (N-methyl/N-ethyl adjacent to an activating group) is 1. The summed E-state index contributed by atoms with van der Waals surface area (Å²) in [6, 6.07) is 1.59. The number of fused-ring (bicyclic) bond motifs is 1. The zero-order valence-electron chi connectivity index (χ0n) is 14.5. The minimum atomic E-state index is -0.490. The number of primary amides is 1. The standard InChI is InChI=1S/C16H20N6O2S2/c1-3-22-7-5-9-11(8-22)26-15(12(9)13(17)23)20-16(25)19-14(24)10-4-6-18-21(10)2/h4,6H,3,5,7-8H2,1-2H3,(H2,17,23)(H2,19,20,24,25). The van der Waals surface area contributed by atoms with Gasteiger partial charge in [-0.25, -0.2) is 0 Å². The molecular weight excluding hydrogens is 372 g/mol. The summed E-state index contributed by atoms with van der Waals surface area (Å²) in [4.78, 5) is 27.6. The van der Waals surface area contributed by atoms with Crippen molar-refractivity contribution in [1.82, 2.24) is 20.0 Å². The van der Waals surface area contributed by atoms with Crippen LogP contribution in [0.25, 0.3) is 0 Å². The van der Waals surface area contributed by atoms with Crippen LogP contribution in [0.4, 0.5) is 5.00 Å². The molecule has 0 fully saturated rings. The lowest BCUT2D eigenvalue weighted by Gasteiger charge is -2.25. The Bertz CT molecular complexity index is 872. The molecule has 0 unspecified atom stereocenters. The number of aryl methyl sites for hydroxylation is 1. The van der Waals surface area contributed by atoms with Crippen molar-refractivity contribution in [1.29, 1.82) is 0 Å². The van der Waals surface area contributed by atoms with Crippen LogP contribution in [0.1, 0.15) is 38.2 Å². The predicted molar refractivity (Wildman–Crippen MR) is 104 cm³/mol. The zero-order valence-corrected chi connectivity index (χ0v) is 16.2. The van der Waals surface area contributed by atoms with E-state index in [-0.39, 0.29) is 11.0 Å². The second kappa shape index (κ2) is 7.52. The van der Waals surface area contributed by atoms with E-state index in [4.69, 9.17) is 18.0 Å². The van der Waals surface area contributed by atoms with E-state index in [2.05, 4.69) is 27.6 Å². The molecule has 3 heterocycles. The summed E-state index contributed by atoms with van der Waals surface area (Å²) in [7, 11) is 1.67. The van der Waals surface area contributed by atoms with Gasteiger partial charge in [-0.15, -0.1) is 11.3 Å². The Hall–Kier alpha value is -2.30. The van der Waals surface area contributed by atoms with E-state index in [0.717, 1.165) is 36.5 Å². The molecule has 0 atom stereocenters. The van der Waals surface area contributed by atoms with Crippen molar-refractivity contribution < 1.29 is 9.59 Å². The van der Waals surface area contributed by atoms with E-state index in [9.17, 15) is 9.59 Å².